The number of rotatable bonds is 2. The molecule has 3 aromatic rings. The molecule has 0 amide bonds. The van der Waals surface area contributed by atoms with Crippen LogP contribution >= 0.6 is 0 Å². The molecule has 5 heteroatoms. The number of aromatic nitrogens is 3. The molecule has 102 valence electrons. The van der Waals surface area contributed by atoms with Gasteiger partial charge in [0.05, 0.1) is 11.1 Å². The predicted octanol–water partition coefficient (Wildman–Crippen LogP) is 3.26. The fraction of sp³-hybridized carbons (Fsp3) is 0.200. The van der Waals surface area contributed by atoms with Crippen LogP contribution in [0.3, 0.4) is 0 Å². The number of nitrogen functional groups attached to an aromatic ring is 1. The van der Waals surface area contributed by atoms with Gasteiger partial charge >= 0.3 is 0 Å². The van der Waals surface area contributed by atoms with Gasteiger partial charge in [-0.1, -0.05) is 0 Å². The molecular weight excluding hydrogens is 252 g/mol. The van der Waals surface area contributed by atoms with Gasteiger partial charge in [0, 0.05) is 11.9 Å². The van der Waals surface area contributed by atoms with Gasteiger partial charge in [-0.2, -0.15) is 5.10 Å². The van der Waals surface area contributed by atoms with E-state index in [-0.39, 0.29) is 0 Å². The summed E-state index contributed by atoms with van der Waals surface area (Å²) in [6.45, 7) is 5.87. The summed E-state index contributed by atoms with van der Waals surface area (Å²) in [4.78, 5) is 4.24. The summed E-state index contributed by atoms with van der Waals surface area (Å²) < 4.78 is 6.04. The zero-order valence-corrected chi connectivity index (χ0v) is 11.7. The van der Waals surface area contributed by atoms with Gasteiger partial charge in [0.25, 0.3) is 0 Å². The van der Waals surface area contributed by atoms with E-state index in [1.807, 2.05) is 39.0 Å². The molecule has 0 radical (unpaired) electrons. The first-order valence-corrected chi connectivity index (χ1v) is 6.40. The lowest BCUT2D eigenvalue weighted by Gasteiger charge is -2.12. The molecule has 3 N–H and O–H groups in total. The van der Waals surface area contributed by atoms with Crippen LogP contribution in [-0.2, 0) is 0 Å². The third kappa shape index (κ3) is 1.97. The minimum Gasteiger partial charge on any atom is -0.456 e. The molecule has 3 rings (SSSR count). The number of ether oxygens (including phenoxy) is 1. The molecule has 0 saturated heterocycles. The van der Waals surface area contributed by atoms with Crippen molar-refractivity contribution in [2.45, 2.75) is 20.8 Å². The Bertz CT molecular complexity index is 792. The molecule has 0 aliphatic carbocycles. The number of aromatic amines is 1. The van der Waals surface area contributed by atoms with Crippen molar-refractivity contribution in [3.8, 4) is 11.5 Å². The third-order valence-corrected chi connectivity index (χ3v) is 3.39. The van der Waals surface area contributed by atoms with Gasteiger partial charge in [0.15, 0.2) is 5.65 Å². The van der Waals surface area contributed by atoms with Crippen molar-refractivity contribution in [1.82, 2.24) is 15.2 Å². The Kier molecular flexibility index (Phi) is 2.82. The maximum atomic E-state index is 6.04. The number of nitrogens with two attached hydrogens (primary N) is 1. The number of nitrogens with one attached hydrogen (secondary N) is 1. The highest BCUT2D eigenvalue weighted by atomic mass is 16.5. The van der Waals surface area contributed by atoms with Gasteiger partial charge in [-0.3, -0.25) is 5.10 Å². The normalized spacial score (nSPS) is 10.9. The molecule has 5 nitrogen and oxygen atoms in total. The summed E-state index contributed by atoms with van der Waals surface area (Å²) in [5, 5.41) is 7.96. The largest absolute Gasteiger partial charge is 0.456 e. The van der Waals surface area contributed by atoms with E-state index in [1.54, 1.807) is 6.20 Å². The number of hydrogen-bond acceptors (Lipinski definition) is 4. The lowest BCUT2D eigenvalue weighted by atomic mass is 10.1. The molecule has 0 aliphatic heterocycles. The summed E-state index contributed by atoms with van der Waals surface area (Å²) in [7, 11) is 0. The highest BCUT2D eigenvalue weighted by molar-refractivity contribution is 5.84. The second-order valence-electron chi connectivity index (χ2n) is 4.92. The van der Waals surface area contributed by atoms with Crippen LogP contribution in [-0.4, -0.2) is 15.2 Å². The Labute approximate surface area is 116 Å². The molecule has 2 aromatic heterocycles. The molecule has 0 atom stereocenters. The van der Waals surface area contributed by atoms with E-state index in [1.165, 1.54) is 0 Å². The highest BCUT2D eigenvalue weighted by Gasteiger charge is 2.11. The zero-order chi connectivity index (χ0) is 14.3. The standard InChI is InChI=1S/C15H16N4O/c1-8-7-13(9(2)6-11(8)16)20-12-4-5-17-15-14(12)10(3)18-19-15/h4-7H,16H2,1-3H3,(H,17,18,19). The van der Waals surface area contributed by atoms with E-state index in [9.17, 15) is 0 Å². The molecule has 0 aliphatic rings. The minimum absolute atomic E-state index is 0.727. The van der Waals surface area contributed by atoms with Gasteiger partial charge in [-0.05, 0) is 50.1 Å². The predicted molar refractivity (Wildman–Crippen MR) is 79.0 cm³/mol. The number of aryl methyl sites for hydroxylation is 3. The fourth-order valence-electron chi connectivity index (χ4n) is 2.20. The van der Waals surface area contributed by atoms with Crippen LogP contribution in [0, 0.1) is 20.8 Å². The summed E-state index contributed by atoms with van der Waals surface area (Å²) in [6.07, 6.45) is 1.70. The van der Waals surface area contributed by atoms with Gasteiger partial charge < -0.3 is 10.5 Å². The Morgan fingerprint density at radius 2 is 1.90 bits per heavy atom. The SMILES string of the molecule is Cc1cc(Oc2ccnc3[nH]nc(C)c23)c(C)cc1N. The van der Waals surface area contributed by atoms with Gasteiger partial charge in [0.2, 0.25) is 0 Å². The summed E-state index contributed by atoms with van der Waals surface area (Å²) in [6, 6.07) is 5.72. The number of anilines is 1. The molecule has 1 aromatic carbocycles. The van der Waals surface area contributed by atoms with E-state index in [2.05, 4.69) is 15.2 Å². The van der Waals surface area contributed by atoms with Crippen LogP contribution in [0.25, 0.3) is 11.0 Å². The molecular formula is C15H16N4O. The van der Waals surface area contributed by atoms with E-state index >= 15 is 0 Å². The number of nitrogens with zero attached hydrogens (tertiary/aromatic N) is 2. The van der Waals surface area contributed by atoms with Crippen LogP contribution in [0.4, 0.5) is 5.69 Å². The molecule has 20 heavy (non-hydrogen) atoms. The summed E-state index contributed by atoms with van der Waals surface area (Å²) >= 11 is 0. The number of hydrogen-bond donors (Lipinski definition) is 2. The Hall–Kier alpha value is -2.56. The minimum atomic E-state index is 0.727. The van der Waals surface area contributed by atoms with Crippen molar-refractivity contribution in [1.29, 1.82) is 0 Å². The molecule has 0 bridgehead atoms. The second kappa shape index (κ2) is 4.52. The first-order chi connectivity index (χ1) is 9.56. The molecule has 0 saturated carbocycles. The monoisotopic (exact) mass is 268 g/mol. The van der Waals surface area contributed by atoms with E-state index in [0.29, 0.717) is 0 Å². The van der Waals surface area contributed by atoms with Crippen LogP contribution in [0.1, 0.15) is 16.8 Å². The van der Waals surface area contributed by atoms with Crippen molar-refractivity contribution in [3.05, 3.63) is 41.2 Å². The molecule has 0 spiro atoms. The molecule has 0 fully saturated rings. The van der Waals surface area contributed by atoms with Gasteiger partial charge in [0.1, 0.15) is 11.5 Å². The summed E-state index contributed by atoms with van der Waals surface area (Å²) in [5.74, 6) is 1.54. The average molecular weight is 268 g/mol. The maximum Gasteiger partial charge on any atom is 0.159 e. The number of pyridine rings is 1. The van der Waals surface area contributed by atoms with Gasteiger partial charge in [-0.25, -0.2) is 4.98 Å². The first-order valence-electron chi connectivity index (χ1n) is 6.40. The Morgan fingerprint density at radius 3 is 2.70 bits per heavy atom. The summed E-state index contributed by atoms with van der Waals surface area (Å²) in [5.41, 5.74) is 10.3. The molecule has 0 unspecified atom stereocenters. The number of H-pyrrole nitrogens is 1. The Balaban J connectivity index is 2.10. The topological polar surface area (TPSA) is 76.8 Å². The smallest absolute Gasteiger partial charge is 0.159 e. The quantitative estimate of drug-likeness (QED) is 0.699. The lowest BCUT2D eigenvalue weighted by molar-refractivity contribution is 0.483. The second-order valence-corrected chi connectivity index (χ2v) is 4.92. The van der Waals surface area contributed by atoms with E-state index in [0.717, 1.165) is 45.0 Å². The van der Waals surface area contributed by atoms with Crippen LogP contribution < -0.4 is 10.5 Å². The first kappa shape index (κ1) is 12.5. The van der Waals surface area contributed by atoms with Crippen molar-refractivity contribution in [2.75, 3.05) is 5.73 Å². The van der Waals surface area contributed by atoms with Crippen molar-refractivity contribution < 1.29 is 4.74 Å². The Morgan fingerprint density at radius 1 is 1.10 bits per heavy atom. The number of fused-ring (bicyclic) bond motifs is 1. The molecule has 2 heterocycles. The van der Waals surface area contributed by atoms with Gasteiger partial charge in [-0.15, -0.1) is 0 Å². The zero-order valence-electron chi connectivity index (χ0n) is 11.7. The fourth-order valence-corrected chi connectivity index (χ4v) is 2.20. The van der Waals surface area contributed by atoms with Crippen molar-refractivity contribution >= 4 is 16.7 Å². The van der Waals surface area contributed by atoms with E-state index in [4.69, 9.17) is 10.5 Å². The van der Waals surface area contributed by atoms with E-state index < -0.39 is 0 Å². The third-order valence-electron chi connectivity index (χ3n) is 3.39. The highest BCUT2D eigenvalue weighted by Crippen LogP contribution is 2.33. The maximum absolute atomic E-state index is 6.04. The van der Waals surface area contributed by atoms with Crippen LogP contribution in [0.15, 0.2) is 24.4 Å². The van der Waals surface area contributed by atoms with Crippen molar-refractivity contribution in [2.24, 2.45) is 0 Å². The average Bonchev–Trinajstić information content (AvgIpc) is 2.79. The van der Waals surface area contributed by atoms with Crippen LogP contribution in [0.2, 0.25) is 0 Å². The van der Waals surface area contributed by atoms with Crippen LogP contribution in [0.5, 0.6) is 11.5 Å². The lowest BCUT2D eigenvalue weighted by Crippen LogP contribution is -1.95. The van der Waals surface area contributed by atoms with Crippen molar-refractivity contribution in [3.63, 3.8) is 0 Å². The number of benzene rings is 1.